The van der Waals surface area contributed by atoms with E-state index >= 15 is 0 Å². The highest BCUT2D eigenvalue weighted by molar-refractivity contribution is 9.10. The molecule has 0 aliphatic carbocycles. The summed E-state index contributed by atoms with van der Waals surface area (Å²) < 4.78 is 6.83. The van der Waals surface area contributed by atoms with Crippen molar-refractivity contribution in [3.63, 3.8) is 0 Å². The van der Waals surface area contributed by atoms with Crippen LogP contribution in [-0.4, -0.2) is 30.2 Å². The molecule has 3 heteroatoms. The van der Waals surface area contributed by atoms with E-state index in [4.69, 9.17) is 4.74 Å². The van der Waals surface area contributed by atoms with Crippen LogP contribution >= 0.6 is 15.9 Å². The molecule has 1 aromatic rings. The molecule has 1 heterocycles. The van der Waals surface area contributed by atoms with Crippen molar-refractivity contribution < 1.29 is 4.74 Å². The van der Waals surface area contributed by atoms with Gasteiger partial charge in [-0.2, -0.15) is 0 Å². The van der Waals surface area contributed by atoms with Crippen LogP contribution < -0.4 is 0 Å². The second-order valence-corrected chi connectivity index (χ2v) is 5.37. The molecule has 1 aliphatic heterocycles. The van der Waals surface area contributed by atoms with Crippen molar-refractivity contribution in [2.45, 2.75) is 32.5 Å². The van der Waals surface area contributed by atoms with Gasteiger partial charge in [-0.05, 0) is 25.5 Å². The molecule has 1 saturated heterocycles. The van der Waals surface area contributed by atoms with Crippen molar-refractivity contribution in [2.24, 2.45) is 0 Å². The van der Waals surface area contributed by atoms with E-state index in [1.54, 1.807) is 0 Å². The summed E-state index contributed by atoms with van der Waals surface area (Å²) >= 11 is 3.60. The fourth-order valence-corrected chi connectivity index (χ4v) is 2.45. The molecule has 0 radical (unpaired) electrons. The summed E-state index contributed by atoms with van der Waals surface area (Å²) in [6.07, 6.45) is 0.346. The summed E-state index contributed by atoms with van der Waals surface area (Å²) in [6.45, 7) is 7.21. The van der Waals surface area contributed by atoms with E-state index in [2.05, 4.69) is 58.9 Å². The smallest absolute Gasteiger partial charge is 0.0674 e. The van der Waals surface area contributed by atoms with Crippen LogP contribution in [0, 0.1) is 0 Å². The minimum absolute atomic E-state index is 0.346. The molecule has 88 valence electrons. The number of hydrogen-bond acceptors (Lipinski definition) is 2. The standard InChI is InChI=1S/C13H18BrNO/c1-10-9-16-11(2)7-15(10)8-12-5-3-4-6-13(12)14/h3-6,10-11H,7-9H2,1-2H3. The number of morpholine rings is 1. The summed E-state index contributed by atoms with van der Waals surface area (Å²) in [7, 11) is 0. The van der Waals surface area contributed by atoms with Crippen molar-refractivity contribution >= 4 is 15.9 Å². The summed E-state index contributed by atoms with van der Waals surface area (Å²) in [6, 6.07) is 8.93. The first-order chi connectivity index (χ1) is 7.66. The van der Waals surface area contributed by atoms with Gasteiger partial charge in [0.05, 0.1) is 12.7 Å². The minimum atomic E-state index is 0.346. The third kappa shape index (κ3) is 2.84. The lowest BCUT2D eigenvalue weighted by Gasteiger charge is -2.36. The summed E-state index contributed by atoms with van der Waals surface area (Å²) in [5.74, 6) is 0. The Balaban J connectivity index is 2.06. The Morgan fingerprint density at radius 2 is 2.12 bits per heavy atom. The fourth-order valence-electron chi connectivity index (χ4n) is 2.04. The monoisotopic (exact) mass is 283 g/mol. The number of halogens is 1. The Labute approximate surface area is 106 Å². The molecule has 2 atom stereocenters. The van der Waals surface area contributed by atoms with Crippen LogP contribution in [0.2, 0.25) is 0 Å². The summed E-state index contributed by atoms with van der Waals surface area (Å²) in [5.41, 5.74) is 1.35. The molecular weight excluding hydrogens is 266 g/mol. The number of nitrogens with zero attached hydrogens (tertiary/aromatic N) is 1. The lowest BCUT2D eigenvalue weighted by molar-refractivity contribution is -0.0527. The Morgan fingerprint density at radius 3 is 2.88 bits per heavy atom. The highest BCUT2D eigenvalue weighted by atomic mass is 79.9. The summed E-state index contributed by atoms with van der Waals surface area (Å²) in [5, 5.41) is 0. The molecule has 1 aromatic carbocycles. The van der Waals surface area contributed by atoms with E-state index < -0.39 is 0 Å². The minimum Gasteiger partial charge on any atom is -0.376 e. The van der Waals surface area contributed by atoms with Crippen LogP contribution in [0.4, 0.5) is 0 Å². The Hall–Kier alpha value is -0.380. The van der Waals surface area contributed by atoms with Gasteiger partial charge < -0.3 is 4.74 Å². The Morgan fingerprint density at radius 1 is 1.38 bits per heavy atom. The molecule has 2 nitrogen and oxygen atoms in total. The quantitative estimate of drug-likeness (QED) is 0.827. The molecule has 16 heavy (non-hydrogen) atoms. The van der Waals surface area contributed by atoms with Gasteiger partial charge in [0.1, 0.15) is 0 Å². The molecule has 0 amide bonds. The number of hydrogen-bond donors (Lipinski definition) is 0. The highest BCUT2D eigenvalue weighted by Crippen LogP contribution is 2.21. The van der Waals surface area contributed by atoms with Crippen molar-refractivity contribution in [3.05, 3.63) is 34.3 Å². The van der Waals surface area contributed by atoms with Crippen molar-refractivity contribution in [1.29, 1.82) is 0 Å². The first kappa shape index (κ1) is 12.1. The molecular formula is C13H18BrNO. The lowest BCUT2D eigenvalue weighted by Crippen LogP contribution is -2.46. The lowest BCUT2D eigenvalue weighted by atomic mass is 10.1. The Kier molecular flexibility index (Phi) is 4.00. The SMILES string of the molecule is CC1CN(Cc2ccccc2Br)C(C)CO1. The second kappa shape index (κ2) is 5.30. The summed E-state index contributed by atoms with van der Waals surface area (Å²) in [4.78, 5) is 2.48. The number of benzene rings is 1. The normalized spacial score (nSPS) is 26.9. The second-order valence-electron chi connectivity index (χ2n) is 4.51. The van der Waals surface area contributed by atoms with Gasteiger partial charge in [0.2, 0.25) is 0 Å². The third-order valence-electron chi connectivity index (χ3n) is 3.07. The van der Waals surface area contributed by atoms with Crippen LogP contribution in [-0.2, 0) is 11.3 Å². The largest absolute Gasteiger partial charge is 0.376 e. The van der Waals surface area contributed by atoms with E-state index in [1.165, 1.54) is 10.0 Å². The third-order valence-corrected chi connectivity index (χ3v) is 3.84. The molecule has 0 N–H and O–H groups in total. The molecule has 2 rings (SSSR count). The van der Waals surface area contributed by atoms with Gasteiger partial charge in [-0.1, -0.05) is 34.1 Å². The van der Waals surface area contributed by atoms with Gasteiger partial charge in [-0.25, -0.2) is 0 Å². The maximum atomic E-state index is 5.63. The zero-order valence-corrected chi connectivity index (χ0v) is 11.4. The van der Waals surface area contributed by atoms with Crippen LogP contribution in [0.5, 0.6) is 0 Å². The van der Waals surface area contributed by atoms with Gasteiger partial charge in [-0.3, -0.25) is 4.90 Å². The van der Waals surface area contributed by atoms with E-state index in [1.807, 2.05) is 0 Å². The fraction of sp³-hybridized carbons (Fsp3) is 0.538. The van der Waals surface area contributed by atoms with Gasteiger partial charge in [-0.15, -0.1) is 0 Å². The first-order valence-corrected chi connectivity index (χ1v) is 6.55. The van der Waals surface area contributed by atoms with Crippen molar-refractivity contribution in [2.75, 3.05) is 13.2 Å². The first-order valence-electron chi connectivity index (χ1n) is 5.76. The van der Waals surface area contributed by atoms with Crippen LogP contribution in [0.1, 0.15) is 19.4 Å². The Bertz CT molecular complexity index is 356. The number of ether oxygens (including phenoxy) is 1. The topological polar surface area (TPSA) is 12.5 Å². The van der Waals surface area contributed by atoms with E-state index in [-0.39, 0.29) is 0 Å². The zero-order valence-electron chi connectivity index (χ0n) is 9.82. The van der Waals surface area contributed by atoms with Gasteiger partial charge in [0.25, 0.3) is 0 Å². The number of rotatable bonds is 2. The molecule has 0 aromatic heterocycles. The van der Waals surface area contributed by atoms with Crippen LogP contribution in [0.25, 0.3) is 0 Å². The maximum Gasteiger partial charge on any atom is 0.0674 e. The van der Waals surface area contributed by atoms with E-state index in [9.17, 15) is 0 Å². The molecule has 2 unspecified atom stereocenters. The predicted octanol–water partition coefficient (Wildman–Crippen LogP) is 3.06. The van der Waals surface area contributed by atoms with Gasteiger partial charge in [0.15, 0.2) is 0 Å². The molecule has 0 saturated carbocycles. The molecule has 1 aliphatic rings. The van der Waals surface area contributed by atoms with Crippen LogP contribution in [0.3, 0.4) is 0 Å². The maximum absolute atomic E-state index is 5.63. The van der Waals surface area contributed by atoms with E-state index in [0.29, 0.717) is 12.1 Å². The molecule has 0 bridgehead atoms. The van der Waals surface area contributed by atoms with Crippen molar-refractivity contribution in [1.82, 2.24) is 4.90 Å². The molecule has 1 fully saturated rings. The predicted molar refractivity (Wildman–Crippen MR) is 69.4 cm³/mol. The highest BCUT2D eigenvalue weighted by Gasteiger charge is 2.23. The van der Waals surface area contributed by atoms with Gasteiger partial charge >= 0.3 is 0 Å². The zero-order chi connectivity index (χ0) is 11.5. The average Bonchev–Trinajstić information content (AvgIpc) is 2.27. The molecule has 0 spiro atoms. The van der Waals surface area contributed by atoms with Crippen molar-refractivity contribution in [3.8, 4) is 0 Å². The van der Waals surface area contributed by atoms with E-state index in [0.717, 1.165) is 19.7 Å². The van der Waals surface area contributed by atoms with Crippen LogP contribution in [0.15, 0.2) is 28.7 Å². The van der Waals surface area contributed by atoms with Gasteiger partial charge in [0, 0.05) is 23.6 Å². The average molecular weight is 284 g/mol.